The molecule has 1 saturated carbocycles. The van der Waals surface area contributed by atoms with Gasteiger partial charge in [0.05, 0.1) is 6.42 Å². The summed E-state index contributed by atoms with van der Waals surface area (Å²) >= 11 is 0. The van der Waals surface area contributed by atoms with E-state index in [4.69, 9.17) is 0 Å². The maximum Gasteiger partial charge on any atom is 0.228 e. The zero-order chi connectivity index (χ0) is 22.3. The molecule has 1 N–H and O–H groups in total. The van der Waals surface area contributed by atoms with Crippen molar-refractivity contribution >= 4 is 23.2 Å². The molecule has 2 aromatic rings. The number of amides is 2. The number of nitrogens with zero attached hydrogens (tertiary/aromatic N) is 2. The molecule has 1 heterocycles. The topological polar surface area (TPSA) is 52.7 Å². The first-order valence-electron chi connectivity index (χ1n) is 11.7. The van der Waals surface area contributed by atoms with Crippen LogP contribution in [0.5, 0.6) is 0 Å². The summed E-state index contributed by atoms with van der Waals surface area (Å²) in [5.74, 6) is 0.624. The number of hydrogen-bond acceptors (Lipinski definition) is 3. The molecule has 0 aromatic heterocycles. The summed E-state index contributed by atoms with van der Waals surface area (Å²) in [5, 5.41) is 2.89. The number of carbonyl (C=O) groups is 2. The highest BCUT2D eigenvalue weighted by Crippen LogP contribution is 2.29. The molecule has 0 spiro atoms. The number of benzene rings is 2. The Labute approximate surface area is 189 Å². The van der Waals surface area contributed by atoms with Gasteiger partial charge in [0, 0.05) is 44.0 Å². The first kappa shape index (κ1) is 22.3. The van der Waals surface area contributed by atoms with Crippen LogP contribution in [0.15, 0.2) is 48.5 Å². The molecule has 0 atom stereocenters. The highest BCUT2D eigenvalue weighted by Gasteiger charge is 2.23. The predicted molar refractivity (Wildman–Crippen MR) is 125 cm³/mol. The van der Waals surface area contributed by atoms with Crippen molar-refractivity contribution in [3.05, 3.63) is 59.9 Å². The van der Waals surface area contributed by atoms with Crippen molar-refractivity contribution in [3.63, 3.8) is 0 Å². The largest absolute Gasteiger partial charge is 0.368 e. The van der Waals surface area contributed by atoms with Gasteiger partial charge in [-0.2, -0.15) is 0 Å². The SMILES string of the molecule is O=C(Cc1ccc(F)cc1)Nc1ccc(N2CCN(C(=O)CCC3CCCC3)CC2)cc1. The van der Waals surface area contributed by atoms with Crippen molar-refractivity contribution in [1.29, 1.82) is 0 Å². The van der Waals surface area contributed by atoms with Crippen LogP contribution < -0.4 is 10.2 Å². The summed E-state index contributed by atoms with van der Waals surface area (Å²) in [7, 11) is 0. The molecule has 2 aromatic carbocycles. The molecule has 1 aliphatic carbocycles. The first-order chi connectivity index (χ1) is 15.6. The molecule has 1 aliphatic heterocycles. The summed E-state index contributed by atoms with van der Waals surface area (Å²) < 4.78 is 13.0. The number of nitrogens with one attached hydrogen (secondary N) is 1. The van der Waals surface area contributed by atoms with Gasteiger partial charge in [0.1, 0.15) is 5.82 Å². The van der Waals surface area contributed by atoms with Crippen molar-refractivity contribution in [1.82, 2.24) is 4.90 Å². The second kappa shape index (κ2) is 10.6. The molecule has 0 bridgehead atoms. The lowest BCUT2D eigenvalue weighted by molar-refractivity contribution is -0.131. The van der Waals surface area contributed by atoms with Gasteiger partial charge >= 0.3 is 0 Å². The second-order valence-electron chi connectivity index (χ2n) is 8.96. The zero-order valence-corrected chi connectivity index (χ0v) is 18.6. The summed E-state index contributed by atoms with van der Waals surface area (Å²) in [6, 6.07) is 13.8. The maximum atomic E-state index is 13.0. The van der Waals surface area contributed by atoms with Crippen LogP contribution in [0.4, 0.5) is 15.8 Å². The van der Waals surface area contributed by atoms with Gasteiger partial charge in [0.15, 0.2) is 0 Å². The average molecular weight is 438 g/mol. The summed E-state index contributed by atoms with van der Waals surface area (Å²) in [6.07, 6.45) is 7.19. The van der Waals surface area contributed by atoms with E-state index in [0.717, 1.165) is 55.5 Å². The third-order valence-electron chi connectivity index (χ3n) is 6.67. The van der Waals surface area contributed by atoms with Crippen LogP contribution in [0.25, 0.3) is 0 Å². The Bertz CT molecular complexity index is 900. The third kappa shape index (κ3) is 6.09. The lowest BCUT2D eigenvalue weighted by Crippen LogP contribution is -2.48. The number of piperazine rings is 1. The molecule has 6 heteroatoms. The van der Waals surface area contributed by atoms with Crippen molar-refractivity contribution in [2.24, 2.45) is 5.92 Å². The third-order valence-corrected chi connectivity index (χ3v) is 6.67. The highest BCUT2D eigenvalue weighted by atomic mass is 19.1. The Balaban J connectivity index is 1.21. The van der Waals surface area contributed by atoms with Crippen LogP contribution in [-0.4, -0.2) is 42.9 Å². The van der Waals surface area contributed by atoms with Crippen molar-refractivity contribution in [2.75, 3.05) is 36.4 Å². The Kier molecular flexibility index (Phi) is 7.40. The molecule has 0 radical (unpaired) electrons. The Morgan fingerprint density at radius 3 is 2.22 bits per heavy atom. The standard InChI is InChI=1S/C26H32FN3O2/c27-22-8-5-21(6-9-22)19-25(31)28-23-10-12-24(13-11-23)29-15-17-30(18-16-29)26(32)14-7-20-3-1-2-4-20/h5-6,8-13,20H,1-4,7,14-19H2,(H,28,31). The van der Waals surface area contributed by atoms with E-state index in [1.54, 1.807) is 12.1 Å². The van der Waals surface area contributed by atoms with E-state index in [9.17, 15) is 14.0 Å². The normalized spacial score (nSPS) is 16.9. The number of hydrogen-bond donors (Lipinski definition) is 1. The molecule has 4 rings (SSSR count). The van der Waals surface area contributed by atoms with E-state index in [-0.39, 0.29) is 18.1 Å². The molecule has 0 unspecified atom stereocenters. The van der Waals surface area contributed by atoms with Crippen molar-refractivity contribution in [3.8, 4) is 0 Å². The van der Waals surface area contributed by atoms with Gasteiger partial charge in [-0.3, -0.25) is 9.59 Å². The number of carbonyl (C=O) groups excluding carboxylic acids is 2. The van der Waals surface area contributed by atoms with Gasteiger partial charge in [-0.25, -0.2) is 4.39 Å². The monoisotopic (exact) mass is 437 g/mol. The Morgan fingerprint density at radius 1 is 0.906 bits per heavy atom. The molecule has 2 aliphatic rings. The smallest absolute Gasteiger partial charge is 0.228 e. The van der Waals surface area contributed by atoms with Gasteiger partial charge in [0.25, 0.3) is 0 Å². The quantitative estimate of drug-likeness (QED) is 0.687. The van der Waals surface area contributed by atoms with Crippen LogP contribution in [-0.2, 0) is 16.0 Å². The summed E-state index contributed by atoms with van der Waals surface area (Å²) in [5.41, 5.74) is 2.61. The molecular formula is C26H32FN3O2. The van der Waals surface area contributed by atoms with E-state index in [2.05, 4.69) is 10.2 Å². The van der Waals surface area contributed by atoms with Gasteiger partial charge in [-0.15, -0.1) is 0 Å². The predicted octanol–water partition coefficient (Wildman–Crippen LogP) is 4.63. The molecule has 1 saturated heterocycles. The van der Waals surface area contributed by atoms with E-state index in [1.165, 1.54) is 37.8 Å². The van der Waals surface area contributed by atoms with E-state index >= 15 is 0 Å². The molecular weight excluding hydrogens is 405 g/mol. The number of halogens is 1. The highest BCUT2D eigenvalue weighted by molar-refractivity contribution is 5.92. The molecule has 32 heavy (non-hydrogen) atoms. The Hall–Kier alpha value is -2.89. The van der Waals surface area contributed by atoms with Gasteiger partial charge in [0.2, 0.25) is 11.8 Å². The van der Waals surface area contributed by atoms with Gasteiger partial charge in [-0.1, -0.05) is 37.8 Å². The van der Waals surface area contributed by atoms with Crippen LogP contribution in [0.3, 0.4) is 0 Å². The molecule has 170 valence electrons. The molecule has 5 nitrogen and oxygen atoms in total. The summed E-state index contributed by atoms with van der Waals surface area (Å²) in [6.45, 7) is 3.18. The fourth-order valence-electron chi connectivity index (χ4n) is 4.75. The molecule has 2 fully saturated rings. The number of anilines is 2. The lowest BCUT2D eigenvalue weighted by Gasteiger charge is -2.36. The van der Waals surface area contributed by atoms with E-state index < -0.39 is 0 Å². The lowest BCUT2D eigenvalue weighted by atomic mass is 10.0. The minimum absolute atomic E-state index is 0.130. The van der Waals surface area contributed by atoms with Crippen molar-refractivity contribution in [2.45, 2.75) is 44.9 Å². The van der Waals surface area contributed by atoms with E-state index in [0.29, 0.717) is 12.3 Å². The van der Waals surface area contributed by atoms with Gasteiger partial charge < -0.3 is 15.1 Å². The minimum atomic E-state index is -0.306. The summed E-state index contributed by atoms with van der Waals surface area (Å²) in [4.78, 5) is 29.1. The number of rotatable bonds is 7. The average Bonchev–Trinajstić information content (AvgIpc) is 3.33. The van der Waals surface area contributed by atoms with Crippen LogP contribution in [0, 0.1) is 11.7 Å². The minimum Gasteiger partial charge on any atom is -0.368 e. The second-order valence-corrected chi connectivity index (χ2v) is 8.96. The van der Waals surface area contributed by atoms with Gasteiger partial charge in [-0.05, 0) is 54.3 Å². The van der Waals surface area contributed by atoms with Crippen LogP contribution in [0.1, 0.15) is 44.1 Å². The Morgan fingerprint density at radius 2 is 1.56 bits per heavy atom. The zero-order valence-electron chi connectivity index (χ0n) is 18.6. The first-order valence-corrected chi connectivity index (χ1v) is 11.7. The molecule has 2 amide bonds. The fraction of sp³-hybridized carbons (Fsp3) is 0.462. The van der Waals surface area contributed by atoms with Crippen LogP contribution in [0.2, 0.25) is 0 Å². The van der Waals surface area contributed by atoms with Crippen LogP contribution >= 0.6 is 0 Å². The van der Waals surface area contributed by atoms with Crippen molar-refractivity contribution < 1.29 is 14.0 Å². The fourth-order valence-corrected chi connectivity index (χ4v) is 4.75. The van der Waals surface area contributed by atoms with E-state index in [1.807, 2.05) is 29.2 Å². The maximum absolute atomic E-state index is 13.0.